The number of hydrogen-bond acceptors (Lipinski definition) is 3. The molecule has 0 aliphatic heterocycles. The van der Waals surface area contributed by atoms with Crippen LogP contribution in [0.2, 0.25) is 0 Å². The Balaban J connectivity index is 2.33. The lowest BCUT2D eigenvalue weighted by atomic mass is 10.3. The number of aromatic nitrogens is 1. The van der Waals surface area contributed by atoms with Crippen LogP contribution in [-0.4, -0.2) is 18.9 Å². The Bertz CT molecular complexity index is 751. The van der Waals surface area contributed by atoms with Crippen molar-refractivity contribution in [2.75, 3.05) is 4.72 Å². The normalized spacial score (nSPS) is 11.3. The Hall–Kier alpha value is -2.35. The second-order valence-corrected chi connectivity index (χ2v) is 5.83. The van der Waals surface area contributed by atoms with Crippen LogP contribution in [0.4, 0.5) is 10.1 Å². The van der Waals surface area contributed by atoms with Gasteiger partial charge in [0.05, 0.1) is 0 Å². The second-order valence-electron chi connectivity index (χ2n) is 4.15. The molecule has 106 valence electrons. The van der Waals surface area contributed by atoms with Crippen LogP contribution in [0, 0.1) is 5.82 Å². The van der Waals surface area contributed by atoms with Gasteiger partial charge < -0.3 is 10.3 Å². The molecule has 8 heteroatoms. The largest absolute Gasteiger partial charge is 0.364 e. The average Bonchev–Trinajstić information content (AvgIpc) is 2.75. The molecule has 0 fully saturated rings. The van der Waals surface area contributed by atoms with Gasteiger partial charge >= 0.3 is 0 Å². The summed E-state index contributed by atoms with van der Waals surface area (Å²) in [6, 6.07) is 6.04. The zero-order chi connectivity index (χ0) is 14.9. The molecule has 3 N–H and O–H groups in total. The lowest BCUT2D eigenvalue weighted by Gasteiger charge is -2.05. The maximum Gasteiger partial charge on any atom is 0.265 e. The van der Waals surface area contributed by atoms with Crippen molar-refractivity contribution >= 4 is 21.6 Å². The standard InChI is InChI=1S/C12H12FN3O3S/c1-16-7-10(6-11(16)12(14)17)20(18,19)15-9-4-2-8(13)3-5-9/h2-7,15H,1H3,(H2,14,17). The zero-order valence-electron chi connectivity index (χ0n) is 10.5. The summed E-state index contributed by atoms with van der Waals surface area (Å²) in [6.07, 6.45) is 1.27. The molecule has 1 aromatic carbocycles. The number of aryl methyl sites for hydroxylation is 1. The molecular formula is C12H12FN3O3S. The van der Waals surface area contributed by atoms with Gasteiger partial charge in [-0.2, -0.15) is 0 Å². The van der Waals surface area contributed by atoms with E-state index in [-0.39, 0.29) is 16.3 Å². The SMILES string of the molecule is Cn1cc(S(=O)(=O)Nc2ccc(F)cc2)cc1C(N)=O. The fourth-order valence-corrected chi connectivity index (χ4v) is 2.79. The molecule has 0 aliphatic rings. The number of anilines is 1. The third-order valence-electron chi connectivity index (χ3n) is 2.64. The highest BCUT2D eigenvalue weighted by Gasteiger charge is 2.19. The molecule has 0 unspecified atom stereocenters. The van der Waals surface area contributed by atoms with Gasteiger partial charge in [0, 0.05) is 18.9 Å². The van der Waals surface area contributed by atoms with E-state index in [2.05, 4.69) is 4.72 Å². The summed E-state index contributed by atoms with van der Waals surface area (Å²) in [5.74, 6) is -1.19. The van der Waals surface area contributed by atoms with Crippen LogP contribution in [0.1, 0.15) is 10.5 Å². The monoisotopic (exact) mass is 297 g/mol. The van der Waals surface area contributed by atoms with E-state index in [0.29, 0.717) is 0 Å². The highest BCUT2D eigenvalue weighted by molar-refractivity contribution is 7.92. The number of carbonyl (C=O) groups excluding carboxylic acids is 1. The maximum absolute atomic E-state index is 12.8. The number of amides is 1. The molecular weight excluding hydrogens is 285 g/mol. The van der Waals surface area contributed by atoms with Gasteiger partial charge in [-0.25, -0.2) is 12.8 Å². The number of carbonyl (C=O) groups is 1. The predicted molar refractivity (Wildman–Crippen MR) is 71.1 cm³/mol. The highest BCUT2D eigenvalue weighted by Crippen LogP contribution is 2.18. The minimum Gasteiger partial charge on any atom is -0.364 e. The number of nitrogens with one attached hydrogen (secondary N) is 1. The van der Waals surface area contributed by atoms with Crippen molar-refractivity contribution in [1.29, 1.82) is 0 Å². The summed E-state index contributed by atoms with van der Waals surface area (Å²) >= 11 is 0. The number of nitrogens with two attached hydrogens (primary N) is 1. The van der Waals surface area contributed by atoms with Crippen LogP contribution >= 0.6 is 0 Å². The van der Waals surface area contributed by atoms with Gasteiger partial charge in [0.2, 0.25) is 0 Å². The third kappa shape index (κ3) is 2.80. The van der Waals surface area contributed by atoms with Crippen molar-refractivity contribution in [3.05, 3.63) is 48.0 Å². The molecule has 2 rings (SSSR count). The Labute approximate surface area is 115 Å². The summed E-state index contributed by atoms with van der Waals surface area (Å²) in [4.78, 5) is 11.0. The fraction of sp³-hybridized carbons (Fsp3) is 0.0833. The molecule has 2 aromatic rings. The number of hydrogen-bond donors (Lipinski definition) is 2. The van der Waals surface area contributed by atoms with Crippen LogP contribution in [0.15, 0.2) is 41.4 Å². The van der Waals surface area contributed by atoms with Crippen molar-refractivity contribution in [2.24, 2.45) is 12.8 Å². The van der Waals surface area contributed by atoms with Gasteiger partial charge in [0.1, 0.15) is 16.4 Å². The molecule has 6 nitrogen and oxygen atoms in total. The molecule has 0 bridgehead atoms. The van der Waals surface area contributed by atoms with Crippen molar-refractivity contribution in [3.63, 3.8) is 0 Å². The number of benzene rings is 1. The van der Waals surface area contributed by atoms with E-state index in [9.17, 15) is 17.6 Å². The van der Waals surface area contributed by atoms with Crippen LogP contribution < -0.4 is 10.5 Å². The molecule has 1 aromatic heterocycles. The smallest absolute Gasteiger partial charge is 0.265 e. The Kier molecular flexibility index (Phi) is 3.49. The molecule has 0 saturated heterocycles. The first kappa shape index (κ1) is 14.1. The van der Waals surface area contributed by atoms with Gasteiger partial charge in [0.15, 0.2) is 0 Å². The average molecular weight is 297 g/mol. The van der Waals surface area contributed by atoms with Crippen LogP contribution in [0.3, 0.4) is 0 Å². The van der Waals surface area contributed by atoms with E-state index in [1.54, 1.807) is 0 Å². The summed E-state index contributed by atoms with van der Waals surface area (Å²) in [7, 11) is -2.35. The highest BCUT2D eigenvalue weighted by atomic mass is 32.2. The molecule has 0 atom stereocenters. The van der Waals surface area contributed by atoms with E-state index in [0.717, 1.165) is 12.1 Å². The molecule has 0 spiro atoms. The van der Waals surface area contributed by atoms with E-state index in [1.807, 2.05) is 0 Å². The minimum absolute atomic E-state index is 0.0736. The Morgan fingerprint density at radius 2 is 1.90 bits per heavy atom. The molecule has 1 amide bonds. The summed E-state index contributed by atoms with van der Waals surface area (Å²) in [6.45, 7) is 0. The van der Waals surface area contributed by atoms with E-state index in [1.165, 1.54) is 36.0 Å². The quantitative estimate of drug-likeness (QED) is 0.883. The van der Waals surface area contributed by atoms with Gasteiger partial charge in [0.25, 0.3) is 15.9 Å². The number of nitrogens with zero attached hydrogens (tertiary/aromatic N) is 1. The fourth-order valence-electron chi connectivity index (χ4n) is 1.66. The number of sulfonamides is 1. The molecule has 0 radical (unpaired) electrons. The van der Waals surface area contributed by atoms with E-state index < -0.39 is 21.7 Å². The molecule has 0 saturated carbocycles. The number of halogens is 1. The topological polar surface area (TPSA) is 94.2 Å². The Morgan fingerprint density at radius 1 is 1.30 bits per heavy atom. The van der Waals surface area contributed by atoms with Gasteiger partial charge in [-0.3, -0.25) is 9.52 Å². The molecule has 0 aliphatic carbocycles. The summed E-state index contributed by atoms with van der Waals surface area (Å²) in [5.41, 5.74) is 5.42. The molecule has 1 heterocycles. The lowest BCUT2D eigenvalue weighted by Crippen LogP contribution is -2.14. The summed E-state index contributed by atoms with van der Waals surface area (Å²) in [5, 5.41) is 0. The minimum atomic E-state index is -3.86. The van der Waals surface area contributed by atoms with Gasteiger partial charge in [-0.1, -0.05) is 0 Å². The maximum atomic E-state index is 12.8. The summed E-state index contributed by atoms with van der Waals surface area (Å²) < 4.78 is 40.6. The van der Waals surface area contributed by atoms with Crippen molar-refractivity contribution in [1.82, 2.24) is 4.57 Å². The van der Waals surface area contributed by atoms with Crippen LogP contribution in [-0.2, 0) is 17.1 Å². The number of primary amides is 1. The first-order chi connectivity index (χ1) is 9.29. The lowest BCUT2D eigenvalue weighted by molar-refractivity contribution is 0.0992. The van der Waals surface area contributed by atoms with Crippen molar-refractivity contribution in [2.45, 2.75) is 4.90 Å². The van der Waals surface area contributed by atoms with E-state index in [4.69, 9.17) is 5.73 Å². The van der Waals surface area contributed by atoms with Crippen LogP contribution in [0.25, 0.3) is 0 Å². The van der Waals surface area contributed by atoms with Crippen LogP contribution in [0.5, 0.6) is 0 Å². The second kappa shape index (κ2) is 4.97. The van der Waals surface area contributed by atoms with Gasteiger partial charge in [-0.15, -0.1) is 0 Å². The Morgan fingerprint density at radius 3 is 2.40 bits per heavy atom. The predicted octanol–water partition coefficient (Wildman–Crippen LogP) is 1.06. The molecule has 20 heavy (non-hydrogen) atoms. The third-order valence-corrected chi connectivity index (χ3v) is 3.99. The van der Waals surface area contributed by atoms with Crippen molar-refractivity contribution in [3.8, 4) is 0 Å². The zero-order valence-corrected chi connectivity index (χ0v) is 11.3. The first-order valence-corrected chi connectivity index (χ1v) is 7.02. The number of rotatable bonds is 4. The first-order valence-electron chi connectivity index (χ1n) is 5.54. The van der Waals surface area contributed by atoms with Gasteiger partial charge in [-0.05, 0) is 30.3 Å². The van der Waals surface area contributed by atoms with Crippen molar-refractivity contribution < 1.29 is 17.6 Å². The van der Waals surface area contributed by atoms with E-state index >= 15 is 0 Å².